The number of benzene rings is 1. The molecule has 6 nitrogen and oxygen atoms in total. The third kappa shape index (κ3) is 5.69. The molecule has 1 aromatic carbocycles. The van der Waals surface area contributed by atoms with Crippen molar-refractivity contribution in [1.29, 1.82) is 0 Å². The van der Waals surface area contributed by atoms with Gasteiger partial charge >= 0.3 is 6.03 Å². The predicted octanol–water partition coefficient (Wildman–Crippen LogP) is 2.98. The Morgan fingerprint density at radius 2 is 1.89 bits per heavy atom. The normalized spacial score (nSPS) is 15.4. The molecule has 2 heterocycles. The number of hydrogen-bond donors (Lipinski definition) is 2. The first kappa shape index (κ1) is 19.2. The average molecular weight is 368 g/mol. The molecule has 2 amide bonds. The van der Waals surface area contributed by atoms with Crippen molar-refractivity contribution in [3.05, 3.63) is 59.9 Å². The fourth-order valence-electron chi connectivity index (χ4n) is 3.39. The summed E-state index contributed by atoms with van der Waals surface area (Å²) in [4.78, 5) is 21.2. The molecule has 0 saturated carbocycles. The van der Waals surface area contributed by atoms with Crippen LogP contribution in [0, 0.1) is 0 Å². The van der Waals surface area contributed by atoms with Crippen molar-refractivity contribution in [2.75, 3.05) is 19.6 Å². The van der Waals surface area contributed by atoms with Crippen LogP contribution in [0.25, 0.3) is 0 Å². The quantitative estimate of drug-likeness (QED) is 0.788. The minimum absolute atomic E-state index is 0.0852. The number of nitrogens with zero attached hydrogens (tertiary/aromatic N) is 3. The van der Waals surface area contributed by atoms with E-state index in [0.717, 1.165) is 24.2 Å². The highest BCUT2D eigenvalue weighted by Crippen LogP contribution is 2.14. The van der Waals surface area contributed by atoms with Crippen LogP contribution in [-0.4, -0.2) is 51.6 Å². The van der Waals surface area contributed by atoms with E-state index in [1.54, 1.807) is 29.4 Å². The van der Waals surface area contributed by atoms with E-state index in [9.17, 15) is 9.90 Å². The van der Waals surface area contributed by atoms with Gasteiger partial charge in [0, 0.05) is 38.1 Å². The fourth-order valence-corrected chi connectivity index (χ4v) is 3.39. The summed E-state index contributed by atoms with van der Waals surface area (Å²) in [5, 5.41) is 12.6. The summed E-state index contributed by atoms with van der Waals surface area (Å²) >= 11 is 0. The molecule has 2 aromatic rings. The Kier molecular flexibility index (Phi) is 6.65. The van der Waals surface area contributed by atoms with Crippen LogP contribution in [0.3, 0.4) is 0 Å². The van der Waals surface area contributed by atoms with Crippen LogP contribution in [0.1, 0.15) is 30.9 Å². The minimum Gasteiger partial charge on any atom is -0.508 e. The number of nitrogens with one attached hydrogen (secondary N) is 1. The molecule has 0 unspecified atom stereocenters. The molecule has 1 aliphatic heterocycles. The molecule has 0 radical (unpaired) electrons. The van der Waals surface area contributed by atoms with Gasteiger partial charge in [-0.15, -0.1) is 0 Å². The molecule has 2 N–H and O–H groups in total. The molecule has 1 aliphatic rings. The Balaban J connectivity index is 1.63. The second-order valence-corrected chi connectivity index (χ2v) is 7.16. The van der Waals surface area contributed by atoms with Crippen molar-refractivity contribution in [2.45, 2.75) is 38.9 Å². The number of carbonyl (C=O) groups excluding carboxylic acids is 1. The molecule has 1 atom stereocenters. The monoisotopic (exact) mass is 368 g/mol. The van der Waals surface area contributed by atoms with Crippen LogP contribution >= 0.6 is 0 Å². The molecule has 1 aromatic heterocycles. The van der Waals surface area contributed by atoms with Crippen molar-refractivity contribution in [3.63, 3.8) is 0 Å². The van der Waals surface area contributed by atoms with Gasteiger partial charge in [-0.3, -0.25) is 9.88 Å². The Morgan fingerprint density at radius 1 is 1.19 bits per heavy atom. The first-order chi connectivity index (χ1) is 13.1. The molecule has 0 spiro atoms. The summed E-state index contributed by atoms with van der Waals surface area (Å²) < 4.78 is 0. The lowest BCUT2D eigenvalue weighted by Crippen LogP contribution is -2.45. The maximum atomic E-state index is 12.9. The van der Waals surface area contributed by atoms with E-state index in [4.69, 9.17) is 0 Å². The second kappa shape index (κ2) is 9.37. The van der Waals surface area contributed by atoms with Crippen molar-refractivity contribution >= 4 is 6.03 Å². The summed E-state index contributed by atoms with van der Waals surface area (Å²) in [7, 11) is 0. The van der Waals surface area contributed by atoms with Gasteiger partial charge in [0.2, 0.25) is 0 Å². The van der Waals surface area contributed by atoms with Gasteiger partial charge in [0.1, 0.15) is 5.75 Å². The fraction of sp³-hybridized carbons (Fsp3) is 0.429. The van der Waals surface area contributed by atoms with Gasteiger partial charge in [-0.25, -0.2) is 4.79 Å². The molecule has 0 bridgehead atoms. The molecule has 27 heavy (non-hydrogen) atoms. The second-order valence-electron chi connectivity index (χ2n) is 7.16. The van der Waals surface area contributed by atoms with Crippen LogP contribution in [0.15, 0.2) is 48.8 Å². The van der Waals surface area contributed by atoms with E-state index in [1.807, 2.05) is 24.3 Å². The Hall–Kier alpha value is -2.60. The lowest BCUT2D eigenvalue weighted by atomic mass is 10.2. The van der Waals surface area contributed by atoms with Crippen LogP contribution in [0.5, 0.6) is 5.75 Å². The number of pyridine rings is 1. The van der Waals surface area contributed by atoms with E-state index in [-0.39, 0.29) is 11.8 Å². The first-order valence-electron chi connectivity index (χ1n) is 9.55. The number of amides is 2. The van der Waals surface area contributed by atoms with Gasteiger partial charge < -0.3 is 15.3 Å². The number of aromatic nitrogens is 1. The number of phenols is 1. The topological polar surface area (TPSA) is 68.7 Å². The van der Waals surface area contributed by atoms with E-state index in [1.165, 1.54) is 12.8 Å². The molecule has 1 saturated heterocycles. The summed E-state index contributed by atoms with van der Waals surface area (Å²) in [6.45, 7) is 5.99. The molecule has 1 fully saturated rings. The number of phenolic OH excluding ortho intramolecular Hbond substituents is 1. The molecular formula is C21H28N4O2. The third-order valence-electron chi connectivity index (χ3n) is 5.01. The van der Waals surface area contributed by atoms with Gasteiger partial charge in [0.15, 0.2) is 0 Å². The van der Waals surface area contributed by atoms with Crippen molar-refractivity contribution < 1.29 is 9.90 Å². The predicted molar refractivity (Wildman–Crippen MR) is 105 cm³/mol. The van der Waals surface area contributed by atoms with Crippen LogP contribution in [0.2, 0.25) is 0 Å². The van der Waals surface area contributed by atoms with Crippen molar-refractivity contribution in [1.82, 2.24) is 20.1 Å². The SMILES string of the molecule is C[C@@H](CNC(=O)N(Cc1ccc(O)cc1)Cc1cccnc1)N1CCCC1. The highest BCUT2D eigenvalue weighted by molar-refractivity contribution is 5.74. The highest BCUT2D eigenvalue weighted by Gasteiger charge is 2.20. The van der Waals surface area contributed by atoms with E-state index >= 15 is 0 Å². The zero-order valence-electron chi connectivity index (χ0n) is 15.8. The number of likely N-dealkylation sites (tertiary alicyclic amines) is 1. The summed E-state index contributed by atoms with van der Waals surface area (Å²) in [6.07, 6.45) is 5.99. The maximum Gasteiger partial charge on any atom is 0.318 e. The van der Waals surface area contributed by atoms with Gasteiger partial charge in [0.25, 0.3) is 0 Å². The van der Waals surface area contributed by atoms with Crippen LogP contribution in [0.4, 0.5) is 4.79 Å². The molecule has 144 valence electrons. The van der Waals surface area contributed by atoms with Crippen molar-refractivity contribution in [2.24, 2.45) is 0 Å². The zero-order chi connectivity index (χ0) is 19.1. The number of aromatic hydroxyl groups is 1. The van der Waals surface area contributed by atoms with Crippen LogP contribution in [-0.2, 0) is 13.1 Å². The van der Waals surface area contributed by atoms with Gasteiger partial charge in [-0.05, 0) is 62.2 Å². The highest BCUT2D eigenvalue weighted by atomic mass is 16.3. The van der Waals surface area contributed by atoms with Gasteiger partial charge in [0.05, 0.1) is 0 Å². The molecule has 0 aliphatic carbocycles. The van der Waals surface area contributed by atoms with Crippen LogP contribution < -0.4 is 5.32 Å². The summed E-state index contributed by atoms with van der Waals surface area (Å²) in [5.74, 6) is 0.224. The number of carbonyl (C=O) groups is 1. The van der Waals surface area contributed by atoms with E-state index in [2.05, 4.69) is 22.1 Å². The number of rotatable bonds is 7. The third-order valence-corrected chi connectivity index (χ3v) is 5.01. The Morgan fingerprint density at radius 3 is 2.56 bits per heavy atom. The summed E-state index contributed by atoms with van der Waals surface area (Å²) in [5.41, 5.74) is 1.96. The van der Waals surface area contributed by atoms with E-state index < -0.39 is 0 Å². The summed E-state index contributed by atoms with van der Waals surface area (Å²) in [6, 6.07) is 11.1. The van der Waals surface area contributed by atoms with Gasteiger partial charge in [-0.2, -0.15) is 0 Å². The largest absolute Gasteiger partial charge is 0.508 e. The molecule has 3 rings (SSSR count). The van der Waals surface area contributed by atoms with E-state index in [0.29, 0.717) is 25.7 Å². The zero-order valence-corrected chi connectivity index (χ0v) is 15.8. The number of urea groups is 1. The minimum atomic E-state index is -0.0852. The lowest BCUT2D eigenvalue weighted by Gasteiger charge is -2.27. The first-order valence-corrected chi connectivity index (χ1v) is 9.55. The molecule has 6 heteroatoms. The van der Waals surface area contributed by atoms with Gasteiger partial charge in [-0.1, -0.05) is 18.2 Å². The molecular weight excluding hydrogens is 340 g/mol. The average Bonchev–Trinajstić information content (AvgIpc) is 3.23. The standard InChI is InChI=1S/C21H28N4O2/c1-17(24-11-2-3-12-24)13-23-21(27)25(16-19-5-4-10-22-14-19)15-18-6-8-20(26)9-7-18/h4-10,14,17,26H,2-3,11-13,15-16H2,1H3,(H,23,27)/t17-/m0/s1. The Labute approximate surface area is 160 Å². The maximum absolute atomic E-state index is 12.9. The lowest BCUT2D eigenvalue weighted by molar-refractivity contribution is 0.185. The Bertz CT molecular complexity index is 715. The van der Waals surface area contributed by atoms with Crippen molar-refractivity contribution in [3.8, 4) is 5.75 Å². The smallest absolute Gasteiger partial charge is 0.318 e. The number of hydrogen-bond acceptors (Lipinski definition) is 4.